The van der Waals surface area contributed by atoms with Crippen molar-refractivity contribution in [3.8, 4) is 0 Å². The van der Waals surface area contributed by atoms with E-state index in [4.69, 9.17) is 4.74 Å². The number of nitrogens with zero attached hydrogens (tertiary/aromatic N) is 3. The molecule has 31 heavy (non-hydrogen) atoms. The van der Waals surface area contributed by atoms with Gasteiger partial charge in [-0.2, -0.15) is 0 Å². The van der Waals surface area contributed by atoms with Crippen LogP contribution in [-0.2, 0) is 20.9 Å². The largest absolute Gasteiger partial charge is 0.379 e. The number of ether oxygens (including phenoxy) is 1. The Morgan fingerprint density at radius 3 is 2.74 bits per heavy atom. The molecule has 2 aliphatic heterocycles. The second-order valence-electron chi connectivity index (χ2n) is 8.39. The van der Waals surface area contributed by atoms with E-state index in [1.807, 2.05) is 19.2 Å². The van der Waals surface area contributed by atoms with Gasteiger partial charge >= 0.3 is 0 Å². The van der Waals surface area contributed by atoms with E-state index in [9.17, 15) is 9.59 Å². The Hall–Kier alpha value is -2.48. The predicted octanol–water partition coefficient (Wildman–Crippen LogP) is 1.32. The lowest BCUT2D eigenvalue weighted by Gasteiger charge is -2.36. The second kappa shape index (κ2) is 10.2. The Labute approximate surface area is 183 Å². The van der Waals surface area contributed by atoms with E-state index in [1.54, 1.807) is 4.90 Å². The maximum absolute atomic E-state index is 12.9. The Morgan fingerprint density at radius 1 is 1.13 bits per heavy atom. The lowest BCUT2D eigenvalue weighted by molar-refractivity contribution is -0.138. The Kier molecular flexibility index (Phi) is 7.17. The van der Waals surface area contributed by atoms with Crippen molar-refractivity contribution in [3.05, 3.63) is 48.0 Å². The first kappa shape index (κ1) is 21.7. The Bertz CT molecular complexity index is 907. The molecular weight excluding hydrogens is 392 g/mol. The SMILES string of the molecule is CN(CCN1CCOCC1)C(=O)C[C@@H]1C(=O)NCCN1Cc1cccc2ccccc12. The molecule has 2 aliphatic rings. The fraction of sp³-hybridized carbons (Fsp3) is 0.500. The number of morpholine rings is 1. The predicted molar refractivity (Wildman–Crippen MR) is 121 cm³/mol. The molecule has 0 spiro atoms. The summed E-state index contributed by atoms with van der Waals surface area (Å²) >= 11 is 0. The van der Waals surface area contributed by atoms with Crippen molar-refractivity contribution in [1.82, 2.24) is 20.0 Å². The van der Waals surface area contributed by atoms with Gasteiger partial charge in [0.2, 0.25) is 11.8 Å². The molecule has 0 radical (unpaired) electrons. The molecule has 0 aromatic heterocycles. The van der Waals surface area contributed by atoms with Gasteiger partial charge in [0.25, 0.3) is 0 Å². The van der Waals surface area contributed by atoms with Crippen molar-refractivity contribution in [1.29, 1.82) is 0 Å². The number of carbonyl (C=O) groups excluding carboxylic acids is 2. The zero-order valence-corrected chi connectivity index (χ0v) is 18.3. The Morgan fingerprint density at radius 2 is 1.90 bits per heavy atom. The van der Waals surface area contributed by atoms with Gasteiger partial charge in [-0.15, -0.1) is 0 Å². The summed E-state index contributed by atoms with van der Waals surface area (Å²) in [6, 6.07) is 14.1. The highest BCUT2D eigenvalue weighted by atomic mass is 16.5. The van der Waals surface area contributed by atoms with Crippen LogP contribution in [-0.4, -0.2) is 92.1 Å². The second-order valence-corrected chi connectivity index (χ2v) is 8.39. The summed E-state index contributed by atoms with van der Waals surface area (Å²) in [6.07, 6.45) is 0.205. The summed E-state index contributed by atoms with van der Waals surface area (Å²) in [5.41, 5.74) is 1.19. The number of hydrogen-bond acceptors (Lipinski definition) is 5. The fourth-order valence-electron chi connectivity index (χ4n) is 4.38. The lowest BCUT2D eigenvalue weighted by Crippen LogP contribution is -2.56. The standard InChI is InChI=1S/C24H32N4O3/c1-26(11-12-27-13-15-31-16-14-27)23(29)17-22-24(30)25-9-10-28(22)18-20-7-4-6-19-5-2-3-8-21(19)20/h2-8,22H,9-18H2,1H3,(H,25,30)/t22-/m1/s1. The van der Waals surface area contributed by atoms with Crippen LogP contribution in [0.3, 0.4) is 0 Å². The van der Waals surface area contributed by atoms with E-state index >= 15 is 0 Å². The minimum Gasteiger partial charge on any atom is -0.379 e. The van der Waals surface area contributed by atoms with E-state index in [0.717, 1.165) is 39.4 Å². The zero-order valence-electron chi connectivity index (χ0n) is 18.3. The number of piperazine rings is 1. The number of benzene rings is 2. The van der Waals surface area contributed by atoms with Gasteiger partial charge in [0.1, 0.15) is 0 Å². The number of carbonyl (C=O) groups is 2. The van der Waals surface area contributed by atoms with Gasteiger partial charge in [-0.1, -0.05) is 42.5 Å². The summed E-state index contributed by atoms with van der Waals surface area (Å²) in [7, 11) is 1.83. The highest BCUT2D eigenvalue weighted by Gasteiger charge is 2.32. The van der Waals surface area contributed by atoms with Crippen LogP contribution in [0.25, 0.3) is 10.8 Å². The van der Waals surface area contributed by atoms with E-state index in [0.29, 0.717) is 19.6 Å². The highest BCUT2D eigenvalue weighted by Crippen LogP contribution is 2.22. The summed E-state index contributed by atoms with van der Waals surface area (Å²) < 4.78 is 5.38. The molecule has 7 heteroatoms. The van der Waals surface area contributed by atoms with E-state index < -0.39 is 6.04 Å². The lowest BCUT2D eigenvalue weighted by atomic mass is 10.0. The van der Waals surface area contributed by atoms with Crippen LogP contribution in [0.15, 0.2) is 42.5 Å². The molecule has 7 nitrogen and oxygen atoms in total. The third-order valence-corrected chi connectivity index (χ3v) is 6.34. The van der Waals surface area contributed by atoms with Crippen molar-refractivity contribution >= 4 is 22.6 Å². The van der Waals surface area contributed by atoms with Gasteiger partial charge in [-0.05, 0) is 16.3 Å². The summed E-state index contributed by atoms with van der Waals surface area (Å²) in [6.45, 7) is 6.83. The first-order valence-corrected chi connectivity index (χ1v) is 11.1. The minimum atomic E-state index is -0.439. The summed E-state index contributed by atoms with van der Waals surface area (Å²) in [4.78, 5) is 31.8. The molecule has 0 aliphatic carbocycles. The monoisotopic (exact) mass is 424 g/mol. The fourth-order valence-corrected chi connectivity index (χ4v) is 4.38. The molecule has 166 valence electrons. The molecule has 0 saturated carbocycles. The molecule has 2 fully saturated rings. The van der Waals surface area contributed by atoms with Crippen LogP contribution >= 0.6 is 0 Å². The third kappa shape index (κ3) is 5.42. The van der Waals surface area contributed by atoms with Crippen molar-refractivity contribution in [3.63, 3.8) is 0 Å². The van der Waals surface area contributed by atoms with Gasteiger partial charge in [0, 0.05) is 52.9 Å². The normalized spacial score (nSPS) is 20.5. The zero-order chi connectivity index (χ0) is 21.6. The van der Waals surface area contributed by atoms with Crippen LogP contribution in [0.4, 0.5) is 0 Å². The van der Waals surface area contributed by atoms with Crippen LogP contribution in [0.1, 0.15) is 12.0 Å². The minimum absolute atomic E-state index is 0.0122. The maximum Gasteiger partial charge on any atom is 0.237 e. The number of nitrogens with one attached hydrogen (secondary N) is 1. The molecule has 0 bridgehead atoms. The molecule has 0 unspecified atom stereocenters. The van der Waals surface area contributed by atoms with E-state index in [-0.39, 0.29) is 18.2 Å². The average Bonchev–Trinajstić information content (AvgIpc) is 2.80. The van der Waals surface area contributed by atoms with Crippen molar-refractivity contribution in [2.45, 2.75) is 19.0 Å². The number of likely N-dealkylation sites (N-methyl/N-ethyl adjacent to an activating group) is 1. The first-order valence-electron chi connectivity index (χ1n) is 11.1. The molecular formula is C24H32N4O3. The molecule has 2 heterocycles. The van der Waals surface area contributed by atoms with Gasteiger partial charge < -0.3 is 15.0 Å². The molecule has 1 N–H and O–H groups in total. The Balaban J connectivity index is 1.40. The van der Waals surface area contributed by atoms with Gasteiger partial charge in [-0.3, -0.25) is 19.4 Å². The molecule has 4 rings (SSSR count). The molecule has 1 atom stereocenters. The topological polar surface area (TPSA) is 65.1 Å². The van der Waals surface area contributed by atoms with E-state index in [1.165, 1.54) is 16.3 Å². The van der Waals surface area contributed by atoms with Crippen molar-refractivity contribution in [2.75, 3.05) is 59.5 Å². The third-order valence-electron chi connectivity index (χ3n) is 6.34. The van der Waals surface area contributed by atoms with Gasteiger partial charge in [0.05, 0.1) is 25.7 Å². The summed E-state index contributed by atoms with van der Waals surface area (Å²) in [5.74, 6) is -0.0420. The van der Waals surface area contributed by atoms with Gasteiger partial charge in [0.15, 0.2) is 0 Å². The number of fused-ring (bicyclic) bond motifs is 1. The van der Waals surface area contributed by atoms with Crippen LogP contribution in [0.5, 0.6) is 0 Å². The van der Waals surface area contributed by atoms with Crippen molar-refractivity contribution < 1.29 is 14.3 Å². The number of hydrogen-bond donors (Lipinski definition) is 1. The van der Waals surface area contributed by atoms with Crippen molar-refractivity contribution in [2.24, 2.45) is 0 Å². The van der Waals surface area contributed by atoms with Gasteiger partial charge in [-0.25, -0.2) is 0 Å². The van der Waals surface area contributed by atoms with Crippen LogP contribution in [0, 0.1) is 0 Å². The highest BCUT2D eigenvalue weighted by molar-refractivity contribution is 5.89. The quantitative estimate of drug-likeness (QED) is 0.726. The molecule has 2 aromatic rings. The molecule has 2 saturated heterocycles. The van der Waals surface area contributed by atoms with E-state index in [2.05, 4.69) is 45.4 Å². The smallest absolute Gasteiger partial charge is 0.237 e. The van der Waals surface area contributed by atoms with Crippen LogP contribution < -0.4 is 5.32 Å². The molecule has 2 aromatic carbocycles. The number of rotatable bonds is 7. The number of amides is 2. The first-order chi connectivity index (χ1) is 15.1. The summed E-state index contributed by atoms with van der Waals surface area (Å²) in [5, 5.41) is 5.33. The average molecular weight is 425 g/mol. The molecule has 2 amide bonds. The maximum atomic E-state index is 12.9. The van der Waals surface area contributed by atoms with Crippen LogP contribution in [0.2, 0.25) is 0 Å².